The molecule has 1 N–H and O–H groups in total. The SMILES string of the molecule is C#C.C=O.CCC1(C(NC)C(C)Cc2cccc(-c3cc(F)cc(F)c3)c2F)CC1.CCF.[B]=C(C)C(C)C#N. The van der Waals surface area contributed by atoms with E-state index in [2.05, 4.69) is 32.0 Å². The quantitative estimate of drug-likeness (QED) is 0.211. The number of carbonyl (C=O) groups is 1. The number of nitriles is 1. The zero-order chi connectivity index (χ0) is 31.5. The summed E-state index contributed by atoms with van der Waals surface area (Å²) in [7, 11) is 7.21. The summed E-state index contributed by atoms with van der Waals surface area (Å²) in [6, 6.07) is 10.6. The number of benzene rings is 2. The molecule has 1 saturated carbocycles. The van der Waals surface area contributed by atoms with Gasteiger partial charge in [0.1, 0.15) is 24.2 Å². The van der Waals surface area contributed by atoms with Crippen LogP contribution in [0.5, 0.6) is 0 Å². The van der Waals surface area contributed by atoms with Crippen molar-refractivity contribution in [1.82, 2.24) is 5.32 Å². The second kappa shape index (κ2) is 20.6. The van der Waals surface area contributed by atoms with Crippen molar-refractivity contribution in [2.24, 2.45) is 17.3 Å². The predicted molar refractivity (Wildman–Crippen MR) is 159 cm³/mol. The molecule has 2 aromatic rings. The van der Waals surface area contributed by atoms with Crippen molar-refractivity contribution in [3.05, 3.63) is 59.4 Å². The van der Waals surface area contributed by atoms with Gasteiger partial charge >= 0.3 is 44.0 Å². The van der Waals surface area contributed by atoms with Gasteiger partial charge in [0.2, 0.25) is 0 Å². The van der Waals surface area contributed by atoms with Crippen molar-refractivity contribution < 1.29 is 22.4 Å². The first-order chi connectivity index (χ1) is 19.0. The third-order valence-electron chi connectivity index (χ3n) is 6.81. The number of nitrogens with one attached hydrogen (secondary N) is 1. The summed E-state index contributed by atoms with van der Waals surface area (Å²) in [5, 5.41) is 11.6. The fourth-order valence-electron chi connectivity index (χ4n) is 4.48. The Labute approximate surface area is 239 Å². The number of nitrogens with zero attached hydrogens (tertiary/aromatic N) is 1. The Morgan fingerprint density at radius 2 is 1.62 bits per heavy atom. The maximum atomic E-state index is 15.1. The molecule has 0 aromatic heterocycles. The zero-order valence-corrected chi connectivity index (χ0v) is 24.5. The molecule has 2 aromatic carbocycles. The van der Waals surface area contributed by atoms with Gasteiger partial charge in [0.25, 0.3) is 0 Å². The van der Waals surface area contributed by atoms with Gasteiger partial charge in [0.15, 0.2) is 0 Å². The minimum atomic E-state index is -0.702. The summed E-state index contributed by atoms with van der Waals surface area (Å²) in [5.41, 5.74) is 2.07. The molecule has 1 aliphatic rings. The van der Waals surface area contributed by atoms with Crippen LogP contribution in [0.15, 0.2) is 36.4 Å². The molecule has 0 aliphatic heterocycles. The van der Waals surface area contributed by atoms with Crippen LogP contribution in [0.1, 0.15) is 59.4 Å². The first-order valence-electron chi connectivity index (χ1n) is 13.1. The summed E-state index contributed by atoms with van der Waals surface area (Å²) in [6.45, 7) is 11.1. The molecule has 3 atom stereocenters. The maximum absolute atomic E-state index is 15.1. The van der Waals surface area contributed by atoms with Gasteiger partial charge in [-0.25, -0.2) is 13.2 Å². The molecule has 0 spiro atoms. The van der Waals surface area contributed by atoms with Crippen LogP contribution in [-0.4, -0.2) is 39.5 Å². The van der Waals surface area contributed by atoms with Gasteiger partial charge in [-0.3, -0.25) is 4.39 Å². The van der Waals surface area contributed by atoms with Crippen LogP contribution in [0.2, 0.25) is 0 Å². The van der Waals surface area contributed by atoms with Gasteiger partial charge in [0.05, 0.1) is 6.67 Å². The summed E-state index contributed by atoms with van der Waals surface area (Å²) in [4.78, 5) is 8.00. The molecule has 3 nitrogen and oxygen atoms in total. The van der Waals surface area contributed by atoms with Crippen molar-refractivity contribution >= 4 is 19.7 Å². The normalized spacial score (nSPS) is 14.2. The molecule has 0 bridgehead atoms. The average Bonchev–Trinajstić information content (AvgIpc) is 3.73. The van der Waals surface area contributed by atoms with Crippen molar-refractivity contribution in [3.8, 4) is 30.0 Å². The average molecular weight is 558 g/mol. The van der Waals surface area contributed by atoms with Crippen LogP contribution in [0.4, 0.5) is 17.6 Å². The zero-order valence-electron chi connectivity index (χ0n) is 24.5. The fourth-order valence-corrected chi connectivity index (χ4v) is 4.48. The molecule has 1 aliphatic carbocycles. The Morgan fingerprint density at radius 3 is 1.98 bits per heavy atom. The van der Waals surface area contributed by atoms with Gasteiger partial charge < -0.3 is 10.1 Å². The minimum absolute atomic E-state index is 0.0972. The molecule has 8 heteroatoms. The Bertz CT molecular complexity index is 1080. The van der Waals surface area contributed by atoms with Crippen LogP contribution in [-0.2, 0) is 11.2 Å². The molecule has 1 fully saturated rings. The van der Waals surface area contributed by atoms with Crippen molar-refractivity contribution in [2.45, 2.75) is 66.3 Å². The van der Waals surface area contributed by atoms with Crippen LogP contribution in [0, 0.1) is 58.9 Å². The number of rotatable bonds is 8. The van der Waals surface area contributed by atoms with E-state index < -0.39 is 11.6 Å². The van der Waals surface area contributed by atoms with Crippen molar-refractivity contribution in [2.75, 3.05) is 13.7 Å². The van der Waals surface area contributed by atoms with Crippen molar-refractivity contribution in [1.29, 1.82) is 5.26 Å². The summed E-state index contributed by atoms with van der Waals surface area (Å²) >= 11 is 0. The van der Waals surface area contributed by atoms with Gasteiger partial charge in [-0.15, -0.1) is 12.8 Å². The number of hydrogen-bond donors (Lipinski definition) is 1. The van der Waals surface area contributed by atoms with E-state index in [0.29, 0.717) is 28.9 Å². The van der Waals surface area contributed by atoms with E-state index in [1.807, 2.05) is 19.9 Å². The number of alkyl halides is 1. The molecule has 217 valence electrons. The molecule has 3 rings (SSSR count). The van der Waals surface area contributed by atoms with E-state index in [1.54, 1.807) is 32.0 Å². The van der Waals surface area contributed by atoms with E-state index in [9.17, 15) is 13.2 Å². The third kappa shape index (κ3) is 12.3. The van der Waals surface area contributed by atoms with Gasteiger partial charge in [-0.05, 0) is 74.2 Å². The molecule has 0 amide bonds. The number of hydrogen-bond acceptors (Lipinski definition) is 3. The first-order valence-corrected chi connectivity index (χ1v) is 13.1. The first kappa shape index (κ1) is 38.9. The summed E-state index contributed by atoms with van der Waals surface area (Å²) in [6.07, 6.45) is 12.1. The molecule has 0 saturated heterocycles. The van der Waals surface area contributed by atoms with E-state index in [-0.39, 0.29) is 35.5 Å². The number of terminal acetylenes is 1. The Kier molecular flexibility index (Phi) is 20.1. The second-order valence-electron chi connectivity index (χ2n) is 9.46. The van der Waals surface area contributed by atoms with E-state index in [4.69, 9.17) is 17.5 Å². The number of carbonyl (C=O) groups excluding carboxylic acids is 1. The predicted octanol–water partition coefficient (Wildman–Crippen LogP) is 7.27. The fraction of sp³-hybridized carbons (Fsp3) is 0.469. The Hall–Kier alpha value is -3.23. The van der Waals surface area contributed by atoms with Crippen LogP contribution in [0.3, 0.4) is 0 Å². The monoisotopic (exact) mass is 557 g/mol. The number of halogens is 4. The van der Waals surface area contributed by atoms with Gasteiger partial charge in [-0.1, -0.05) is 32.0 Å². The molecule has 40 heavy (non-hydrogen) atoms. The van der Waals surface area contributed by atoms with Crippen LogP contribution >= 0.6 is 0 Å². The molecular formula is C32H42BF4N2O. The van der Waals surface area contributed by atoms with Crippen LogP contribution in [0.25, 0.3) is 11.1 Å². The molecular weight excluding hydrogens is 515 g/mol. The summed E-state index contributed by atoms with van der Waals surface area (Å²) in [5.74, 6) is -1.63. The second-order valence-corrected chi connectivity index (χ2v) is 9.46. The Balaban J connectivity index is 0. The van der Waals surface area contributed by atoms with Gasteiger partial charge in [0, 0.05) is 17.7 Å². The topological polar surface area (TPSA) is 52.9 Å². The van der Waals surface area contributed by atoms with E-state index >= 15 is 4.39 Å². The molecule has 1 radical (unpaired) electrons. The summed E-state index contributed by atoms with van der Waals surface area (Å²) < 4.78 is 52.4. The van der Waals surface area contributed by atoms with Gasteiger partial charge in [-0.2, -0.15) is 0 Å². The van der Waals surface area contributed by atoms with Crippen LogP contribution < -0.4 is 5.32 Å². The Morgan fingerprint density at radius 1 is 1.12 bits per heavy atom. The standard InChI is InChI=1S/C22H26F3N.C5H7BN.C2H5F.C2H2.CH2O/c1-4-22(8-9-22)21(26-3)14(2)10-15-6-5-7-19(20(15)25)16-11-17(23)13-18(24)12-16;1-4(3-7)5(2)6;1-2-3;2*1-2/h5-7,11-14,21,26H,4,8-10H2,1-3H3;4H,1-2H3;2H2,1H3;1-2H;1H2. The van der Waals surface area contributed by atoms with E-state index in [1.165, 1.54) is 31.9 Å². The molecule has 3 unspecified atom stereocenters. The third-order valence-corrected chi connectivity index (χ3v) is 6.81. The van der Waals surface area contributed by atoms with E-state index in [0.717, 1.165) is 12.5 Å². The van der Waals surface area contributed by atoms with Crippen molar-refractivity contribution in [3.63, 3.8) is 0 Å². The molecule has 0 heterocycles.